The smallest absolute Gasteiger partial charge is 0.227 e. The summed E-state index contributed by atoms with van der Waals surface area (Å²) in [6, 6.07) is 22.0. The van der Waals surface area contributed by atoms with Gasteiger partial charge in [-0.3, -0.25) is 0 Å². The predicted octanol–water partition coefficient (Wildman–Crippen LogP) is 5.47. The molecule has 0 bridgehead atoms. The summed E-state index contributed by atoms with van der Waals surface area (Å²) < 4.78 is 1.98. The van der Waals surface area contributed by atoms with Crippen molar-refractivity contribution in [3.05, 3.63) is 102 Å². The van der Waals surface area contributed by atoms with Gasteiger partial charge in [0.05, 0.1) is 22.6 Å². The zero-order chi connectivity index (χ0) is 21.8. The highest BCUT2D eigenvalue weighted by Crippen LogP contribution is 2.37. The van der Waals surface area contributed by atoms with Crippen molar-refractivity contribution in [2.45, 2.75) is 11.9 Å². The minimum atomic E-state index is 0.554. The SMILES string of the molecule is Cc1c(-c2ccnc(Nc3ccccc3)n2)c(SC2=CC=CNC2)nn1-c1ccccc1. The number of hydrogen-bond acceptors (Lipinski definition) is 6. The number of allylic oxidation sites excluding steroid dienone is 2. The van der Waals surface area contributed by atoms with Gasteiger partial charge < -0.3 is 10.6 Å². The van der Waals surface area contributed by atoms with E-state index in [1.165, 1.54) is 4.91 Å². The van der Waals surface area contributed by atoms with Gasteiger partial charge in [0.2, 0.25) is 5.95 Å². The average molecular weight is 439 g/mol. The Bertz CT molecular complexity index is 1280. The maximum absolute atomic E-state index is 4.97. The van der Waals surface area contributed by atoms with E-state index in [1.54, 1.807) is 18.0 Å². The molecule has 0 fully saturated rings. The van der Waals surface area contributed by atoms with Crippen LogP contribution in [0.3, 0.4) is 0 Å². The lowest BCUT2D eigenvalue weighted by atomic mass is 10.2. The highest BCUT2D eigenvalue weighted by molar-refractivity contribution is 8.03. The van der Waals surface area contributed by atoms with E-state index in [4.69, 9.17) is 10.1 Å². The van der Waals surface area contributed by atoms with E-state index in [2.05, 4.69) is 40.8 Å². The van der Waals surface area contributed by atoms with Crippen molar-refractivity contribution in [2.24, 2.45) is 0 Å². The van der Waals surface area contributed by atoms with Gasteiger partial charge >= 0.3 is 0 Å². The number of dihydropyridines is 1. The highest BCUT2D eigenvalue weighted by Gasteiger charge is 2.21. The van der Waals surface area contributed by atoms with Crippen molar-refractivity contribution in [3.63, 3.8) is 0 Å². The fourth-order valence-corrected chi connectivity index (χ4v) is 4.54. The zero-order valence-electron chi connectivity index (χ0n) is 17.6. The van der Waals surface area contributed by atoms with Crippen LogP contribution in [-0.2, 0) is 0 Å². The van der Waals surface area contributed by atoms with Gasteiger partial charge in [0.1, 0.15) is 5.03 Å². The molecule has 3 heterocycles. The van der Waals surface area contributed by atoms with Crippen LogP contribution in [0.15, 0.2) is 101 Å². The van der Waals surface area contributed by atoms with Gasteiger partial charge in [-0.05, 0) is 55.6 Å². The maximum atomic E-state index is 4.97. The molecule has 6 nitrogen and oxygen atoms in total. The summed E-state index contributed by atoms with van der Waals surface area (Å²) >= 11 is 1.66. The molecule has 5 rings (SSSR count). The second-order valence-electron chi connectivity index (χ2n) is 7.24. The minimum absolute atomic E-state index is 0.554. The topological polar surface area (TPSA) is 67.7 Å². The van der Waals surface area contributed by atoms with E-state index in [-0.39, 0.29) is 0 Å². The van der Waals surface area contributed by atoms with Crippen LogP contribution in [0.25, 0.3) is 16.9 Å². The van der Waals surface area contributed by atoms with Gasteiger partial charge in [0.15, 0.2) is 0 Å². The number of nitrogens with one attached hydrogen (secondary N) is 2. The normalized spacial score (nSPS) is 12.8. The van der Waals surface area contributed by atoms with Crippen LogP contribution >= 0.6 is 11.8 Å². The molecule has 0 aliphatic carbocycles. The first-order chi connectivity index (χ1) is 15.8. The fraction of sp³-hybridized carbons (Fsp3) is 0.0800. The third-order valence-corrected chi connectivity index (χ3v) is 6.05. The van der Waals surface area contributed by atoms with Crippen LogP contribution in [0, 0.1) is 6.92 Å². The number of rotatable bonds is 6. The summed E-state index contributed by atoms with van der Waals surface area (Å²) in [6.45, 7) is 2.86. The molecule has 32 heavy (non-hydrogen) atoms. The van der Waals surface area contributed by atoms with Crippen molar-refractivity contribution in [3.8, 4) is 16.9 Å². The lowest BCUT2D eigenvalue weighted by Gasteiger charge is -2.10. The minimum Gasteiger partial charge on any atom is -0.386 e. The van der Waals surface area contributed by atoms with Crippen LogP contribution in [0.2, 0.25) is 0 Å². The number of nitrogens with zero attached hydrogens (tertiary/aromatic N) is 4. The van der Waals surface area contributed by atoms with E-state index in [0.29, 0.717) is 5.95 Å². The van der Waals surface area contributed by atoms with E-state index in [9.17, 15) is 0 Å². The summed E-state index contributed by atoms with van der Waals surface area (Å²) in [5.74, 6) is 0.554. The lowest BCUT2D eigenvalue weighted by Crippen LogP contribution is -2.10. The molecule has 7 heteroatoms. The first-order valence-corrected chi connectivity index (χ1v) is 11.2. The van der Waals surface area contributed by atoms with Crippen LogP contribution in [0.4, 0.5) is 11.6 Å². The number of hydrogen-bond donors (Lipinski definition) is 2. The van der Waals surface area contributed by atoms with Crippen molar-refractivity contribution in [2.75, 3.05) is 11.9 Å². The number of para-hydroxylation sites is 2. The summed E-state index contributed by atoms with van der Waals surface area (Å²) in [6.07, 6.45) is 7.86. The van der Waals surface area contributed by atoms with Gasteiger partial charge in [-0.25, -0.2) is 14.6 Å². The van der Waals surface area contributed by atoms with Crippen molar-refractivity contribution in [1.82, 2.24) is 25.1 Å². The second kappa shape index (κ2) is 9.11. The molecule has 0 amide bonds. The third-order valence-electron chi connectivity index (χ3n) is 5.03. The molecule has 1 aliphatic rings. The Morgan fingerprint density at radius 1 is 1.00 bits per heavy atom. The molecule has 158 valence electrons. The van der Waals surface area contributed by atoms with E-state index in [1.807, 2.05) is 71.6 Å². The van der Waals surface area contributed by atoms with Gasteiger partial charge in [0.25, 0.3) is 0 Å². The van der Waals surface area contributed by atoms with E-state index in [0.717, 1.165) is 39.9 Å². The summed E-state index contributed by atoms with van der Waals surface area (Å²) in [5, 5.41) is 12.4. The Morgan fingerprint density at radius 3 is 2.53 bits per heavy atom. The molecule has 2 N–H and O–H groups in total. The Balaban J connectivity index is 1.57. The molecule has 1 aliphatic heterocycles. The molecular weight excluding hydrogens is 416 g/mol. The fourth-order valence-electron chi connectivity index (χ4n) is 3.51. The van der Waals surface area contributed by atoms with E-state index >= 15 is 0 Å². The van der Waals surface area contributed by atoms with Crippen LogP contribution in [0.1, 0.15) is 5.69 Å². The summed E-state index contributed by atoms with van der Waals surface area (Å²) in [4.78, 5) is 10.4. The monoisotopic (exact) mass is 438 g/mol. The zero-order valence-corrected chi connectivity index (χ0v) is 18.4. The number of thioether (sulfide) groups is 1. The first kappa shape index (κ1) is 20.1. The molecule has 0 spiro atoms. The Hall–Kier alpha value is -3.84. The predicted molar refractivity (Wildman–Crippen MR) is 130 cm³/mol. The van der Waals surface area contributed by atoms with Crippen molar-refractivity contribution >= 4 is 23.4 Å². The van der Waals surface area contributed by atoms with Crippen LogP contribution < -0.4 is 10.6 Å². The van der Waals surface area contributed by atoms with Crippen LogP contribution in [0.5, 0.6) is 0 Å². The Kier molecular flexibility index (Phi) is 5.72. The molecule has 0 saturated heterocycles. The van der Waals surface area contributed by atoms with Gasteiger partial charge in [-0.2, -0.15) is 5.10 Å². The van der Waals surface area contributed by atoms with Gasteiger partial charge in [-0.15, -0.1) is 0 Å². The molecule has 2 aromatic heterocycles. The third kappa shape index (κ3) is 4.29. The molecule has 0 unspecified atom stereocenters. The molecular formula is C25H22N6S. The average Bonchev–Trinajstić information content (AvgIpc) is 3.16. The summed E-state index contributed by atoms with van der Waals surface area (Å²) in [7, 11) is 0. The standard InChI is InChI=1S/C25H22N6S/c1-18-23(22-14-16-27-25(29-22)28-19-9-4-2-5-10-19)24(32-21-13-8-15-26-17-21)30-31(18)20-11-6-3-7-12-20/h2-16,26H,17H2,1H3,(H,27,28,29). The van der Waals surface area contributed by atoms with E-state index < -0.39 is 0 Å². The Morgan fingerprint density at radius 2 is 1.78 bits per heavy atom. The summed E-state index contributed by atoms with van der Waals surface area (Å²) in [5.41, 5.74) is 4.84. The second-order valence-corrected chi connectivity index (χ2v) is 8.36. The molecule has 0 atom stereocenters. The van der Waals surface area contributed by atoms with Crippen molar-refractivity contribution in [1.29, 1.82) is 0 Å². The van der Waals surface area contributed by atoms with Gasteiger partial charge in [-0.1, -0.05) is 48.2 Å². The first-order valence-electron chi connectivity index (χ1n) is 10.4. The number of anilines is 2. The number of benzene rings is 2. The quantitative estimate of drug-likeness (QED) is 0.416. The molecule has 2 aromatic carbocycles. The molecule has 0 radical (unpaired) electrons. The van der Waals surface area contributed by atoms with Gasteiger partial charge in [0, 0.05) is 23.3 Å². The number of aromatic nitrogens is 4. The highest BCUT2D eigenvalue weighted by atomic mass is 32.2. The largest absolute Gasteiger partial charge is 0.386 e. The maximum Gasteiger partial charge on any atom is 0.227 e. The van der Waals surface area contributed by atoms with Crippen LogP contribution in [-0.4, -0.2) is 26.3 Å². The molecule has 0 saturated carbocycles. The molecule has 4 aromatic rings. The van der Waals surface area contributed by atoms with Crippen molar-refractivity contribution < 1.29 is 0 Å². The lowest BCUT2D eigenvalue weighted by molar-refractivity contribution is 0.813. The Labute approximate surface area is 191 Å².